The SMILES string of the molecule is CO[C@@H](C)c1ncccc1-c1c2c3cc(ccc3n1C1COC1)-c1csc(n1)[C@@H](N1CC3(COC3)C1)[C@H](NC(=O)C13CC(C1)C1(CC1)O3)C(=O)N1N[C@H](C(=O)OCC(C)(C)C2)C2CC1C2. The molecule has 10 fully saturated rings. The molecule has 0 radical (unpaired) electrons. The third-order valence-electron chi connectivity index (χ3n) is 16.6. The minimum atomic E-state index is -0.995. The number of pyridine rings is 1. The van der Waals surface area contributed by atoms with E-state index in [4.69, 9.17) is 33.7 Å². The zero-order valence-electron chi connectivity index (χ0n) is 37.5. The maximum atomic E-state index is 15.4. The van der Waals surface area contributed by atoms with Crippen molar-refractivity contribution in [3.8, 4) is 22.5 Å². The second-order valence-electron chi connectivity index (χ2n) is 21.7. The van der Waals surface area contributed by atoms with Crippen LogP contribution in [-0.4, -0.2) is 125 Å². The molecule has 8 aliphatic heterocycles. The lowest BCUT2D eigenvalue weighted by Crippen LogP contribution is -2.74. The molecule has 3 saturated carbocycles. The molecule has 0 unspecified atom stereocenters. The number of hydrogen-bond donors (Lipinski definition) is 2. The summed E-state index contributed by atoms with van der Waals surface area (Å²) in [5, 5.41) is 8.92. The lowest BCUT2D eigenvalue weighted by molar-refractivity contribution is -0.204. The van der Waals surface area contributed by atoms with Crippen molar-refractivity contribution in [2.24, 2.45) is 22.7 Å². The van der Waals surface area contributed by atoms with Crippen molar-refractivity contribution in [1.82, 2.24) is 35.2 Å². The Kier molecular flexibility index (Phi) is 9.05. The van der Waals surface area contributed by atoms with Crippen LogP contribution in [0, 0.1) is 22.7 Å². The first-order valence-corrected chi connectivity index (χ1v) is 24.5. The lowest BCUT2D eigenvalue weighted by atomic mass is 9.71. The molecule has 4 aromatic rings. The number of likely N-dealkylation sites (tertiary alicyclic amines) is 1. The molecule has 3 aliphatic carbocycles. The van der Waals surface area contributed by atoms with E-state index in [9.17, 15) is 9.59 Å². The quantitative estimate of drug-likeness (QED) is 0.231. The summed E-state index contributed by atoms with van der Waals surface area (Å²) >= 11 is 1.53. The van der Waals surface area contributed by atoms with Gasteiger partial charge in [0.1, 0.15) is 22.7 Å². The fourth-order valence-corrected chi connectivity index (χ4v) is 13.5. The van der Waals surface area contributed by atoms with E-state index in [2.05, 4.69) is 63.7 Å². The standard InChI is InChI=1S/C49H57N7O8S/c1-26(60-4)37-32(6-5-11-50-37)40-34-17-46(2,3)23-63-44(58)38-28-12-30(13-28)56(53-38)43(57)39(52-45(59)49-15-29(16-49)48(64-49)9-10-48)41(54-21-47(22-54)24-62-25-47)42-51-35(20-65-42)27-7-8-36(33(34)14-27)55(40)31-18-61-19-31/h5-8,11,14,20,26,28-31,38-39,41,53H,9-10,12-13,15-19,21-25H2,1-4H3,(H,52,59)/t26-,28?,29?,30?,38-,39-,41-,49?/m0/s1. The van der Waals surface area contributed by atoms with Gasteiger partial charge in [0.25, 0.3) is 11.8 Å². The van der Waals surface area contributed by atoms with Crippen LogP contribution in [-0.2, 0) is 44.5 Å². The highest BCUT2D eigenvalue weighted by molar-refractivity contribution is 7.10. The normalized spacial score (nSPS) is 33.3. The average molecular weight is 904 g/mol. The highest BCUT2D eigenvalue weighted by Crippen LogP contribution is 2.67. The number of esters is 1. The maximum absolute atomic E-state index is 15.4. The number of amides is 2. The molecule has 15 nitrogen and oxygen atoms in total. The number of cyclic esters (lactones) is 1. The van der Waals surface area contributed by atoms with Crippen LogP contribution in [0.25, 0.3) is 33.4 Å². The number of nitrogens with zero attached hydrogens (tertiary/aromatic N) is 5. The number of fused-ring (bicyclic) bond motifs is 4. The van der Waals surface area contributed by atoms with Gasteiger partial charge in [0.2, 0.25) is 0 Å². The lowest BCUT2D eigenvalue weighted by Gasteiger charge is -2.58. The van der Waals surface area contributed by atoms with Crippen molar-refractivity contribution in [3.05, 3.63) is 58.2 Å². The number of thiazole rings is 1. The van der Waals surface area contributed by atoms with E-state index in [1.165, 1.54) is 11.3 Å². The first kappa shape index (κ1) is 40.9. The van der Waals surface area contributed by atoms with Crippen LogP contribution >= 0.6 is 11.3 Å². The number of hydrogen-bond acceptors (Lipinski definition) is 13. The number of aromatic nitrogens is 3. The topological polar surface area (TPSA) is 159 Å². The van der Waals surface area contributed by atoms with Gasteiger partial charge in [-0.2, -0.15) is 0 Å². The van der Waals surface area contributed by atoms with E-state index in [0.717, 1.165) is 75.6 Å². The van der Waals surface area contributed by atoms with Crippen LogP contribution < -0.4 is 10.7 Å². The molecule has 3 aromatic heterocycles. The fourth-order valence-electron chi connectivity index (χ4n) is 12.5. The third kappa shape index (κ3) is 6.23. The van der Waals surface area contributed by atoms with Crippen molar-refractivity contribution < 1.29 is 38.1 Å². The molecule has 65 heavy (non-hydrogen) atoms. The summed E-state index contributed by atoms with van der Waals surface area (Å²) in [6.45, 7) is 10.4. The Morgan fingerprint density at radius 2 is 1.85 bits per heavy atom. The van der Waals surface area contributed by atoms with Crippen LogP contribution in [0.1, 0.15) is 93.7 Å². The molecule has 11 heterocycles. The highest BCUT2D eigenvalue weighted by Gasteiger charge is 2.73. The summed E-state index contributed by atoms with van der Waals surface area (Å²) in [7, 11) is 1.71. The van der Waals surface area contributed by atoms with Crippen molar-refractivity contribution in [2.45, 2.75) is 113 Å². The van der Waals surface area contributed by atoms with Gasteiger partial charge < -0.3 is 33.6 Å². The first-order chi connectivity index (χ1) is 31.4. The molecule has 10 bridgehead atoms. The summed E-state index contributed by atoms with van der Waals surface area (Å²) in [6.07, 6.45) is 6.85. The van der Waals surface area contributed by atoms with Gasteiger partial charge in [-0.05, 0) is 93.5 Å². The molecule has 2 amide bonds. The number of ether oxygens (including phenoxy) is 5. The molecular formula is C49H57N7O8S. The highest BCUT2D eigenvalue weighted by atomic mass is 32.1. The largest absolute Gasteiger partial charge is 0.464 e. The predicted octanol–water partition coefficient (Wildman–Crippen LogP) is 5.29. The summed E-state index contributed by atoms with van der Waals surface area (Å²) in [5.41, 5.74) is 8.68. The molecule has 15 rings (SSSR count). The van der Waals surface area contributed by atoms with E-state index in [-0.39, 0.29) is 59.5 Å². The number of carbonyl (C=O) groups excluding carboxylic acids is 3. The van der Waals surface area contributed by atoms with Gasteiger partial charge in [-0.1, -0.05) is 19.9 Å². The maximum Gasteiger partial charge on any atom is 0.325 e. The summed E-state index contributed by atoms with van der Waals surface area (Å²) in [5.74, 6) is -0.435. The van der Waals surface area contributed by atoms with E-state index < -0.39 is 29.1 Å². The Morgan fingerprint density at radius 1 is 1.05 bits per heavy atom. The molecule has 1 aromatic carbocycles. The van der Waals surface area contributed by atoms with Gasteiger partial charge in [-0.25, -0.2) is 10.4 Å². The van der Waals surface area contributed by atoms with Gasteiger partial charge in [0.05, 0.1) is 73.9 Å². The van der Waals surface area contributed by atoms with Gasteiger partial charge in [-0.15, -0.1) is 11.3 Å². The fraction of sp³-hybridized carbons (Fsp3) is 0.612. The minimum absolute atomic E-state index is 0.0245. The Bertz CT molecular complexity index is 2630. The van der Waals surface area contributed by atoms with Crippen molar-refractivity contribution in [1.29, 1.82) is 0 Å². The Hall–Kier alpha value is -4.29. The number of methoxy groups -OCH3 is 1. The molecule has 7 saturated heterocycles. The van der Waals surface area contributed by atoms with E-state index in [1.54, 1.807) is 12.1 Å². The van der Waals surface area contributed by atoms with Crippen molar-refractivity contribution in [3.63, 3.8) is 0 Å². The van der Waals surface area contributed by atoms with E-state index in [0.29, 0.717) is 64.4 Å². The molecule has 4 atom stereocenters. The monoisotopic (exact) mass is 903 g/mol. The summed E-state index contributed by atoms with van der Waals surface area (Å²) in [4.78, 5) is 57.1. The van der Waals surface area contributed by atoms with Crippen molar-refractivity contribution >= 4 is 40.0 Å². The minimum Gasteiger partial charge on any atom is -0.464 e. The Labute approximate surface area is 381 Å². The average Bonchev–Trinajstić information content (AvgIpc) is 3.47. The number of rotatable bonds is 7. The van der Waals surface area contributed by atoms with Gasteiger partial charge in [0.15, 0.2) is 0 Å². The molecule has 342 valence electrons. The molecule has 2 spiro atoms. The third-order valence-corrected chi connectivity index (χ3v) is 17.5. The molecule has 16 heteroatoms. The second kappa shape index (κ2) is 14.4. The van der Waals surface area contributed by atoms with Gasteiger partial charge in [0, 0.05) is 70.7 Å². The second-order valence-corrected chi connectivity index (χ2v) is 22.6. The summed E-state index contributed by atoms with van der Waals surface area (Å²) in [6, 6.07) is 8.44. The van der Waals surface area contributed by atoms with Gasteiger partial charge >= 0.3 is 5.97 Å². The number of benzene rings is 1. The number of hydrazine groups is 1. The number of carbonyl (C=O) groups is 3. The molecule has 2 N–H and O–H groups in total. The van der Waals surface area contributed by atoms with Crippen molar-refractivity contribution in [2.75, 3.05) is 53.2 Å². The zero-order valence-corrected chi connectivity index (χ0v) is 38.3. The van der Waals surface area contributed by atoms with E-state index in [1.807, 2.05) is 19.2 Å². The van der Waals surface area contributed by atoms with Crippen LogP contribution in [0.4, 0.5) is 0 Å². The Morgan fingerprint density at radius 3 is 2.54 bits per heavy atom. The van der Waals surface area contributed by atoms with Gasteiger partial charge in [-0.3, -0.25) is 29.3 Å². The summed E-state index contributed by atoms with van der Waals surface area (Å²) < 4.78 is 32.8. The number of nitrogens with one attached hydrogen (secondary N) is 2. The smallest absolute Gasteiger partial charge is 0.325 e. The Balaban J connectivity index is 0.965. The van der Waals surface area contributed by atoms with Crippen LogP contribution in [0.3, 0.4) is 0 Å². The van der Waals surface area contributed by atoms with Crippen LogP contribution in [0.2, 0.25) is 0 Å². The van der Waals surface area contributed by atoms with E-state index >= 15 is 4.79 Å². The van der Waals surface area contributed by atoms with Crippen LogP contribution in [0.5, 0.6) is 0 Å². The zero-order chi connectivity index (χ0) is 44.2. The van der Waals surface area contributed by atoms with Crippen LogP contribution in [0.15, 0.2) is 41.9 Å². The first-order valence-electron chi connectivity index (χ1n) is 23.6. The molecular weight excluding hydrogens is 847 g/mol. The predicted molar refractivity (Wildman–Crippen MR) is 238 cm³/mol. The molecule has 11 aliphatic rings.